The van der Waals surface area contributed by atoms with E-state index in [0.29, 0.717) is 0 Å². The van der Waals surface area contributed by atoms with Crippen LogP contribution in [-0.2, 0) is 0 Å². The van der Waals surface area contributed by atoms with Gasteiger partial charge in [-0.05, 0) is 53.8 Å². The Balaban J connectivity index is 2.44. The largest absolute Gasteiger partial charge is 0.466 e. The van der Waals surface area contributed by atoms with E-state index in [1.54, 1.807) is 11.3 Å². The molecule has 0 spiro atoms. The first-order valence-corrected chi connectivity index (χ1v) is 6.83. The van der Waals surface area contributed by atoms with Crippen LogP contribution in [0.2, 0.25) is 0 Å². The van der Waals surface area contributed by atoms with Crippen LogP contribution in [0.1, 0.15) is 28.7 Å². The predicted octanol–water partition coefficient (Wildman–Crippen LogP) is 4.03. The van der Waals surface area contributed by atoms with E-state index < -0.39 is 0 Å². The maximum atomic E-state index is 5.58. The summed E-state index contributed by atoms with van der Waals surface area (Å²) in [5.41, 5.74) is 2.47. The Morgan fingerprint density at radius 2 is 2.06 bits per heavy atom. The highest BCUT2D eigenvalue weighted by atomic mass is 79.9. The lowest BCUT2D eigenvalue weighted by molar-refractivity contribution is 0.497. The van der Waals surface area contributed by atoms with Gasteiger partial charge in [0.2, 0.25) is 0 Å². The molecule has 0 aliphatic heterocycles. The van der Waals surface area contributed by atoms with E-state index in [4.69, 9.17) is 4.42 Å². The molecule has 0 fully saturated rings. The summed E-state index contributed by atoms with van der Waals surface area (Å²) in [5, 5.41) is 7.59. The molecule has 2 aromatic rings. The minimum atomic E-state index is 0.193. The van der Waals surface area contributed by atoms with Crippen LogP contribution in [-0.4, -0.2) is 7.05 Å². The molecule has 2 heterocycles. The van der Waals surface area contributed by atoms with Gasteiger partial charge in [0.05, 0.1) is 6.04 Å². The number of hydrogen-bond donors (Lipinski definition) is 1. The van der Waals surface area contributed by atoms with Gasteiger partial charge in [-0.25, -0.2) is 0 Å². The van der Waals surface area contributed by atoms with Gasteiger partial charge in [0.15, 0.2) is 0 Å². The lowest BCUT2D eigenvalue weighted by atomic mass is 10.0. The fourth-order valence-corrected chi connectivity index (χ4v) is 3.46. The highest BCUT2D eigenvalue weighted by Crippen LogP contribution is 2.33. The second kappa shape index (κ2) is 4.73. The summed E-state index contributed by atoms with van der Waals surface area (Å²) in [5.74, 6) is 1.94. The Morgan fingerprint density at radius 1 is 1.31 bits per heavy atom. The molecule has 4 heteroatoms. The second-order valence-corrected chi connectivity index (χ2v) is 5.36. The third-order valence-electron chi connectivity index (χ3n) is 2.63. The first-order valence-electron chi connectivity index (χ1n) is 5.09. The van der Waals surface area contributed by atoms with E-state index in [2.05, 4.69) is 38.1 Å². The highest BCUT2D eigenvalue weighted by Gasteiger charge is 2.20. The van der Waals surface area contributed by atoms with Gasteiger partial charge in [-0.3, -0.25) is 0 Å². The van der Waals surface area contributed by atoms with Gasteiger partial charge < -0.3 is 9.73 Å². The third kappa shape index (κ3) is 2.10. The molecule has 0 aromatic carbocycles. The van der Waals surface area contributed by atoms with Crippen LogP contribution in [0, 0.1) is 13.8 Å². The minimum absolute atomic E-state index is 0.193. The molecule has 1 atom stereocenters. The molecule has 2 nitrogen and oxygen atoms in total. The lowest BCUT2D eigenvalue weighted by Gasteiger charge is -2.15. The van der Waals surface area contributed by atoms with E-state index in [0.717, 1.165) is 16.0 Å². The number of furan rings is 1. The molecule has 0 saturated carbocycles. The van der Waals surface area contributed by atoms with Crippen LogP contribution in [0.15, 0.2) is 25.7 Å². The van der Waals surface area contributed by atoms with Crippen molar-refractivity contribution >= 4 is 27.3 Å². The van der Waals surface area contributed by atoms with Gasteiger partial charge in [-0.1, -0.05) is 0 Å². The number of thiophene rings is 1. The molecule has 1 N–H and O–H groups in total. The number of aryl methyl sites for hydroxylation is 2. The summed E-state index contributed by atoms with van der Waals surface area (Å²) in [6, 6.07) is 2.29. The van der Waals surface area contributed by atoms with Crippen molar-refractivity contribution in [2.45, 2.75) is 19.9 Å². The van der Waals surface area contributed by atoms with Crippen molar-refractivity contribution in [3.05, 3.63) is 43.9 Å². The molecule has 0 saturated heterocycles. The normalized spacial score (nSPS) is 13.0. The monoisotopic (exact) mass is 299 g/mol. The van der Waals surface area contributed by atoms with E-state index in [-0.39, 0.29) is 6.04 Å². The minimum Gasteiger partial charge on any atom is -0.466 e. The Hall–Kier alpha value is -0.580. The van der Waals surface area contributed by atoms with Crippen molar-refractivity contribution in [3.63, 3.8) is 0 Å². The van der Waals surface area contributed by atoms with Crippen molar-refractivity contribution in [2.24, 2.45) is 0 Å². The van der Waals surface area contributed by atoms with Crippen LogP contribution in [0.5, 0.6) is 0 Å². The molecule has 0 aliphatic rings. The van der Waals surface area contributed by atoms with Crippen molar-refractivity contribution in [1.29, 1.82) is 0 Å². The molecular weight excluding hydrogens is 286 g/mol. The fraction of sp³-hybridized carbons (Fsp3) is 0.333. The van der Waals surface area contributed by atoms with E-state index >= 15 is 0 Å². The Kier molecular flexibility index (Phi) is 3.52. The predicted molar refractivity (Wildman–Crippen MR) is 71.1 cm³/mol. The molecule has 0 aliphatic carbocycles. The smallest absolute Gasteiger partial charge is 0.106 e. The van der Waals surface area contributed by atoms with Gasteiger partial charge in [-0.2, -0.15) is 11.3 Å². The molecule has 1 unspecified atom stereocenters. The number of hydrogen-bond acceptors (Lipinski definition) is 3. The van der Waals surface area contributed by atoms with Gasteiger partial charge in [0.1, 0.15) is 11.5 Å². The van der Waals surface area contributed by atoms with Crippen LogP contribution < -0.4 is 5.32 Å². The molecule has 0 amide bonds. The fourth-order valence-electron chi connectivity index (χ4n) is 1.91. The van der Waals surface area contributed by atoms with Crippen LogP contribution in [0.25, 0.3) is 0 Å². The quantitative estimate of drug-likeness (QED) is 0.926. The maximum absolute atomic E-state index is 5.58. The summed E-state index contributed by atoms with van der Waals surface area (Å²) in [7, 11) is 1.97. The topological polar surface area (TPSA) is 25.2 Å². The maximum Gasteiger partial charge on any atom is 0.106 e. The average molecular weight is 300 g/mol. The average Bonchev–Trinajstić information content (AvgIpc) is 2.77. The number of nitrogens with one attached hydrogen (secondary N) is 1. The standard InChI is InChI=1S/C12H14BrNOS/c1-7-4-9(8(2)15-7)12(14-3)10-5-16-6-11(10)13/h4-6,12,14H,1-3H3. The highest BCUT2D eigenvalue weighted by molar-refractivity contribution is 9.10. The zero-order valence-corrected chi connectivity index (χ0v) is 11.9. The summed E-state index contributed by atoms with van der Waals surface area (Å²) in [6.45, 7) is 3.98. The van der Waals surface area contributed by atoms with Crippen LogP contribution in [0.3, 0.4) is 0 Å². The molecule has 86 valence electrons. The number of halogens is 1. The molecule has 0 bridgehead atoms. The van der Waals surface area contributed by atoms with E-state index in [9.17, 15) is 0 Å². The first kappa shape index (κ1) is 11.9. The van der Waals surface area contributed by atoms with Crippen molar-refractivity contribution in [3.8, 4) is 0 Å². The molecule has 2 rings (SSSR count). The SMILES string of the molecule is CNC(c1cscc1Br)c1cc(C)oc1C. The van der Waals surface area contributed by atoms with Gasteiger partial charge >= 0.3 is 0 Å². The van der Waals surface area contributed by atoms with E-state index in [1.165, 1.54) is 11.1 Å². The first-order chi connectivity index (χ1) is 7.63. The van der Waals surface area contributed by atoms with Crippen LogP contribution >= 0.6 is 27.3 Å². The zero-order chi connectivity index (χ0) is 11.7. The zero-order valence-electron chi connectivity index (χ0n) is 9.50. The summed E-state index contributed by atoms with van der Waals surface area (Å²) < 4.78 is 6.73. The lowest BCUT2D eigenvalue weighted by Crippen LogP contribution is -2.17. The van der Waals surface area contributed by atoms with E-state index in [1.807, 2.05) is 20.9 Å². The van der Waals surface area contributed by atoms with Gasteiger partial charge in [-0.15, -0.1) is 0 Å². The van der Waals surface area contributed by atoms with Gasteiger partial charge in [0.25, 0.3) is 0 Å². The Morgan fingerprint density at radius 3 is 2.50 bits per heavy atom. The summed E-state index contributed by atoms with van der Waals surface area (Å²) >= 11 is 5.28. The third-order valence-corrected chi connectivity index (χ3v) is 4.38. The Labute approximate surface area is 108 Å². The van der Waals surface area contributed by atoms with Gasteiger partial charge in [0, 0.05) is 15.4 Å². The van der Waals surface area contributed by atoms with Crippen molar-refractivity contribution in [1.82, 2.24) is 5.32 Å². The summed E-state index contributed by atoms with van der Waals surface area (Å²) in [4.78, 5) is 0. The van der Waals surface area contributed by atoms with Crippen molar-refractivity contribution in [2.75, 3.05) is 7.05 Å². The summed E-state index contributed by atoms with van der Waals surface area (Å²) in [6.07, 6.45) is 0. The molecule has 2 aromatic heterocycles. The second-order valence-electron chi connectivity index (χ2n) is 3.77. The number of rotatable bonds is 3. The molecule has 0 radical (unpaired) electrons. The molecule has 16 heavy (non-hydrogen) atoms. The Bertz CT molecular complexity index is 489. The van der Waals surface area contributed by atoms with Crippen LogP contribution in [0.4, 0.5) is 0 Å². The van der Waals surface area contributed by atoms with Crippen molar-refractivity contribution < 1.29 is 4.42 Å². The molecular formula is C12H14BrNOS.